The van der Waals surface area contributed by atoms with Crippen molar-refractivity contribution >= 4 is 28.7 Å². The van der Waals surface area contributed by atoms with Gasteiger partial charge < -0.3 is 20.1 Å². The molecule has 0 radical (unpaired) electrons. The number of benzene rings is 1. The zero-order chi connectivity index (χ0) is 23.9. The van der Waals surface area contributed by atoms with Crippen LogP contribution in [0.25, 0.3) is 10.9 Å². The fourth-order valence-electron chi connectivity index (χ4n) is 4.70. The van der Waals surface area contributed by atoms with Crippen molar-refractivity contribution in [2.45, 2.75) is 31.8 Å². The average molecular weight is 472 g/mol. The molecule has 0 spiro atoms. The van der Waals surface area contributed by atoms with Gasteiger partial charge in [-0.25, -0.2) is 4.98 Å². The van der Waals surface area contributed by atoms with Crippen molar-refractivity contribution in [3.05, 3.63) is 34.4 Å². The highest BCUT2D eigenvalue weighted by molar-refractivity contribution is 6.27. The average Bonchev–Trinajstić information content (AvgIpc) is 2.86. The Morgan fingerprint density at radius 1 is 1.29 bits per heavy atom. The number of anilines is 1. The summed E-state index contributed by atoms with van der Waals surface area (Å²) in [5.41, 5.74) is 1.28. The molecule has 3 heterocycles. The number of fused-ring (bicyclic) bond motifs is 1. The van der Waals surface area contributed by atoms with Crippen LogP contribution in [0.3, 0.4) is 0 Å². The lowest BCUT2D eigenvalue weighted by Gasteiger charge is -2.30. The van der Waals surface area contributed by atoms with Gasteiger partial charge in [0.1, 0.15) is 5.82 Å². The van der Waals surface area contributed by atoms with Gasteiger partial charge in [0.25, 0.3) is 5.56 Å². The molecule has 2 aromatic rings. The molecular weight excluding hydrogens is 438 g/mol. The fourth-order valence-corrected chi connectivity index (χ4v) is 4.70. The molecule has 2 saturated heterocycles. The zero-order valence-electron chi connectivity index (χ0n) is 19.6. The van der Waals surface area contributed by atoms with Gasteiger partial charge in [-0.15, -0.1) is 0 Å². The number of aldehydes is 1. The van der Waals surface area contributed by atoms with E-state index in [0.29, 0.717) is 62.2 Å². The third kappa shape index (κ3) is 5.69. The molecule has 2 aliphatic rings. The van der Waals surface area contributed by atoms with Crippen molar-refractivity contribution in [3.63, 3.8) is 0 Å². The normalized spacial score (nSPS) is 21.4. The minimum absolute atomic E-state index is 0.106. The van der Waals surface area contributed by atoms with Gasteiger partial charge in [0.05, 0.1) is 49.4 Å². The number of aromatic nitrogens is 2. The predicted molar refractivity (Wildman–Crippen MR) is 128 cm³/mol. The number of carbonyl (C=O) groups is 2. The van der Waals surface area contributed by atoms with E-state index in [1.54, 1.807) is 4.57 Å². The van der Waals surface area contributed by atoms with Crippen molar-refractivity contribution in [3.8, 4) is 0 Å². The van der Waals surface area contributed by atoms with Gasteiger partial charge in [-0.05, 0) is 31.9 Å². The summed E-state index contributed by atoms with van der Waals surface area (Å²) < 4.78 is 12.8. The molecule has 0 bridgehead atoms. The summed E-state index contributed by atoms with van der Waals surface area (Å²) in [5.74, 6) is 0.186. The van der Waals surface area contributed by atoms with Crippen molar-refractivity contribution in [2.24, 2.45) is 0 Å². The Labute approximate surface area is 198 Å². The number of ether oxygens (including phenoxy) is 2. The quantitative estimate of drug-likeness (QED) is 0.291. The van der Waals surface area contributed by atoms with E-state index in [2.05, 4.69) is 20.5 Å². The Morgan fingerprint density at radius 3 is 2.85 bits per heavy atom. The summed E-state index contributed by atoms with van der Waals surface area (Å²) in [6.45, 7) is 8.37. The van der Waals surface area contributed by atoms with E-state index in [4.69, 9.17) is 9.47 Å². The van der Waals surface area contributed by atoms with Crippen LogP contribution in [0.2, 0.25) is 0 Å². The number of Topliss-reactive ketones (excluding diaryl/α,β-unsaturated/α-hetero) is 1. The number of nitrogens with zero attached hydrogens (tertiary/aromatic N) is 3. The standard InChI is InChI=1S/C24H33N5O5/c1-17-27-21-4-2-3-20(25-7-11-33-12-8-28-9-13-34-14-10-28)23(21)24(32)29(17)18-5-6-19(26-15-18)22(31)16-30/h2-4,16,18-19,25-26H,5-15H2,1H3. The van der Waals surface area contributed by atoms with Crippen molar-refractivity contribution < 1.29 is 19.1 Å². The molecule has 0 amide bonds. The molecule has 10 nitrogen and oxygen atoms in total. The summed E-state index contributed by atoms with van der Waals surface area (Å²) in [7, 11) is 0. The molecule has 2 unspecified atom stereocenters. The second kappa shape index (κ2) is 11.7. The molecular formula is C24H33N5O5. The molecule has 34 heavy (non-hydrogen) atoms. The summed E-state index contributed by atoms with van der Waals surface area (Å²) in [6.07, 6.45) is 1.49. The maximum atomic E-state index is 13.5. The van der Waals surface area contributed by atoms with E-state index in [9.17, 15) is 14.4 Å². The molecule has 2 fully saturated rings. The van der Waals surface area contributed by atoms with E-state index >= 15 is 0 Å². The summed E-state index contributed by atoms with van der Waals surface area (Å²) >= 11 is 0. The minimum atomic E-state index is -0.473. The van der Waals surface area contributed by atoms with Crippen molar-refractivity contribution in [1.82, 2.24) is 19.8 Å². The summed E-state index contributed by atoms with van der Waals surface area (Å²) in [6, 6.07) is 5.01. The Morgan fingerprint density at radius 2 is 2.12 bits per heavy atom. The Balaban J connectivity index is 1.39. The number of piperidine rings is 1. The molecule has 10 heteroatoms. The topological polar surface area (TPSA) is 115 Å². The predicted octanol–water partition coefficient (Wildman–Crippen LogP) is 0.527. The third-order valence-corrected chi connectivity index (χ3v) is 6.54. The summed E-state index contributed by atoms with van der Waals surface area (Å²) in [5, 5.41) is 6.99. The van der Waals surface area contributed by atoms with Gasteiger partial charge >= 0.3 is 0 Å². The first-order valence-corrected chi connectivity index (χ1v) is 11.9. The number of rotatable bonds is 10. The molecule has 184 valence electrons. The highest BCUT2D eigenvalue weighted by Gasteiger charge is 2.28. The first-order chi connectivity index (χ1) is 16.6. The van der Waals surface area contributed by atoms with Crippen LogP contribution in [0.5, 0.6) is 0 Å². The lowest BCUT2D eigenvalue weighted by atomic mass is 9.97. The zero-order valence-corrected chi connectivity index (χ0v) is 19.6. The van der Waals surface area contributed by atoms with Crippen LogP contribution in [0, 0.1) is 6.92 Å². The second-order valence-corrected chi connectivity index (χ2v) is 8.74. The molecule has 4 rings (SSSR count). The molecule has 1 aromatic heterocycles. The number of nitrogens with one attached hydrogen (secondary N) is 2. The molecule has 2 N–H and O–H groups in total. The lowest BCUT2D eigenvalue weighted by Crippen LogP contribution is -2.47. The Kier molecular flexibility index (Phi) is 8.39. The van der Waals surface area contributed by atoms with Gasteiger partial charge in [0, 0.05) is 38.4 Å². The molecule has 1 aromatic carbocycles. The van der Waals surface area contributed by atoms with Gasteiger partial charge in [-0.1, -0.05) is 6.07 Å². The van der Waals surface area contributed by atoms with Gasteiger partial charge in [-0.3, -0.25) is 23.9 Å². The second-order valence-electron chi connectivity index (χ2n) is 8.74. The van der Waals surface area contributed by atoms with Gasteiger partial charge in [0.2, 0.25) is 5.78 Å². The van der Waals surface area contributed by atoms with Crippen molar-refractivity contribution in [1.29, 1.82) is 0 Å². The van der Waals surface area contributed by atoms with E-state index in [-0.39, 0.29) is 11.6 Å². The highest BCUT2D eigenvalue weighted by Crippen LogP contribution is 2.23. The number of morpholine rings is 1. The first-order valence-electron chi connectivity index (χ1n) is 11.9. The monoisotopic (exact) mass is 471 g/mol. The SMILES string of the molecule is Cc1nc2cccc(NCCOCCN3CCOCC3)c2c(=O)n1C1CCC(C(=O)C=O)NC1. The minimum Gasteiger partial charge on any atom is -0.382 e. The van der Waals surface area contributed by atoms with Crippen LogP contribution in [0.4, 0.5) is 5.69 Å². The third-order valence-electron chi connectivity index (χ3n) is 6.54. The number of hydrogen-bond acceptors (Lipinski definition) is 9. The van der Waals surface area contributed by atoms with Crippen LogP contribution >= 0.6 is 0 Å². The molecule has 0 saturated carbocycles. The smallest absolute Gasteiger partial charge is 0.263 e. The number of carbonyl (C=O) groups excluding carboxylic acids is 2. The number of ketones is 1. The van der Waals surface area contributed by atoms with Crippen LogP contribution in [-0.2, 0) is 19.1 Å². The van der Waals surface area contributed by atoms with E-state index in [0.717, 1.165) is 38.5 Å². The van der Waals surface area contributed by atoms with Crippen LogP contribution < -0.4 is 16.2 Å². The fraction of sp³-hybridized carbons (Fsp3) is 0.583. The van der Waals surface area contributed by atoms with Gasteiger partial charge in [-0.2, -0.15) is 0 Å². The maximum Gasteiger partial charge on any atom is 0.263 e. The summed E-state index contributed by atoms with van der Waals surface area (Å²) in [4.78, 5) is 43.0. The van der Waals surface area contributed by atoms with Crippen LogP contribution in [0.15, 0.2) is 23.0 Å². The van der Waals surface area contributed by atoms with Crippen LogP contribution in [0.1, 0.15) is 24.7 Å². The van der Waals surface area contributed by atoms with E-state index in [1.807, 2.05) is 25.1 Å². The number of hydrogen-bond donors (Lipinski definition) is 2. The highest BCUT2D eigenvalue weighted by atomic mass is 16.5. The Bertz CT molecular complexity index is 1060. The van der Waals surface area contributed by atoms with Gasteiger partial charge in [0.15, 0.2) is 6.29 Å². The van der Waals surface area contributed by atoms with Crippen molar-refractivity contribution in [2.75, 3.05) is 64.5 Å². The van der Waals surface area contributed by atoms with E-state index < -0.39 is 11.8 Å². The molecule has 0 aliphatic carbocycles. The largest absolute Gasteiger partial charge is 0.382 e. The molecule has 2 aliphatic heterocycles. The lowest BCUT2D eigenvalue weighted by molar-refractivity contribution is -0.131. The maximum absolute atomic E-state index is 13.5. The van der Waals surface area contributed by atoms with E-state index in [1.165, 1.54) is 0 Å². The first kappa shape index (κ1) is 24.5. The van der Waals surface area contributed by atoms with Crippen LogP contribution in [-0.4, -0.2) is 91.7 Å². The Hall–Kier alpha value is -2.66. The number of aryl methyl sites for hydroxylation is 1. The molecule has 2 atom stereocenters.